The van der Waals surface area contributed by atoms with Gasteiger partial charge in [-0.05, 0) is 24.3 Å². The monoisotopic (exact) mass is 210 g/mol. The van der Waals surface area contributed by atoms with Gasteiger partial charge in [0.05, 0.1) is 6.20 Å². The van der Waals surface area contributed by atoms with E-state index in [2.05, 4.69) is 10.5 Å². The van der Waals surface area contributed by atoms with Crippen LogP contribution in [-0.2, 0) is 12.0 Å². The van der Waals surface area contributed by atoms with Crippen LogP contribution in [0, 0.1) is 0 Å². The molecule has 1 N–H and O–H groups in total. The Balaban J connectivity index is 2.01. The molecular weight excluding hydrogens is 196 g/mol. The lowest BCUT2D eigenvalue weighted by molar-refractivity contribution is 0.245. The van der Waals surface area contributed by atoms with Crippen LogP contribution in [0.3, 0.4) is 0 Å². The van der Waals surface area contributed by atoms with E-state index in [-0.39, 0.29) is 5.41 Å². The molecule has 76 valence electrons. The van der Waals surface area contributed by atoms with Crippen molar-refractivity contribution in [2.45, 2.75) is 24.8 Å². The van der Waals surface area contributed by atoms with Crippen molar-refractivity contribution >= 4 is 11.8 Å². The topological polar surface area (TPSA) is 38.1 Å². The van der Waals surface area contributed by atoms with Crippen LogP contribution in [0.4, 0.5) is 0 Å². The van der Waals surface area contributed by atoms with Crippen molar-refractivity contribution < 1.29 is 4.52 Å². The standard InChI is InChI=1S/C10H14N2OS/c1-3-14-4-2-10(1)7-11-5-8-6-12-13-9(8)10/h6,11H,1-5,7H2. The highest BCUT2D eigenvalue weighted by Crippen LogP contribution is 2.41. The van der Waals surface area contributed by atoms with Gasteiger partial charge in [0.25, 0.3) is 0 Å². The van der Waals surface area contributed by atoms with Crippen molar-refractivity contribution in [1.82, 2.24) is 10.5 Å². The maximum atomic E-state index is 5.45. The van der Waals surface area contributed by atoms with E-state index in [1.165, 1.54) is 29.9 Å². The summed E-state index contributed by atoms with van der Waals surface area (Å²) >= 11 is 2.05. The first-order valence-corrected chi connectivity index (χ1v) is 6.29. The van der Waals surface area contributed by atoms with Crippen molar-refractivity contribution in [2.75, 3.05) is 18.1 Å². The van der Waals surface area contributed by atoms with Gasteiger partial charge in [-0.15, -0.1) is 0 Å². The zero-order valence-electron chi connectivity index (χ0n) is 8.08. The molecule has 1 aromatic heterocycles. The van der Waals surface area contributed by atoms with Crippen molar-refractivity contribution in [3.8, 4) is 0 Å². The summed E-state index contributed by atoms with van der Waals surface area (Å²) in [4.78, 5) is 0. The summed E-state index contributed by atoms with van der Waals surface area (Å²) in [5.41, 5.74) is 1.53. The van der Waals surface area contributed by atoms with Gasteiger partial charge in [0.2, 0.25) is 0 Å². The van der Waals surface area contributed by atoms with Crippen molar-refractivity contribution in [3.05, 3.63) is 17.5 Å². The van der Waals surface area contributed by atoms with Crippen molar-refractivity contribution in [2.24, 2.45) is 0 Å². The number of hydrogen-bond donors (Lipinski definition) is 1. The molecular formula is C10H14N2OS. The van der Waals surface area contributed by atoms with Crippen LogP contribution in [0.15, 0.2) is 10.7 Å². The summed E-state index contributed by atoms with van der Waals surface area (Å²) in [7, 11) is 0. The molecule has 1 aromatic rings. The van der Waals surface area contributed by atoms with Crippen LogP contribution in [0.1, 0.15) is 24.2 Å². The first-order valence-electron chi connectivity index (χ1n) is 5.13. The summed E-state index contributed by atoms with van der Waals surface area (Å²) in [6.45, 7) is 1.99. The molecule has 2 aliphatic heterocycles. The average molecular weight is 210 g/mol. The van der Waals surface area contributed by atoms with Crippen LogP contribution in [-0.4, -0.2) is 23.2 Å². The Hall–Kier alpha value is -0.480. The number of nitrogens with one attached hydrogen (secondary N) is 1. The van der Waals surface area contributed by atoms with Gasteiger partial charge in [-0.2, -0.15) is 11.8 Å². The summed E-state index contributed by atoms with van der Waals surface area (Å²) in [6.07, 6.45) is 4.32. The van der Waals surface area contributed by atoms with Crippen LogP contribution in [0.25, 0.3) is 0 Å². The van der Waals surface area contributed by atoms with E-state index >= 15 is 0 Å². The summed E-state index contributed by atoms with van der Waals surface area (Å²) in [5.74, 6) is 3.67. The molecule has 3 rings (SSSR count). The predicted molar refractivity (Wildman–Crippen MR) is 56.4 cm³/mol. The van der Waals surface area contributed by atoms with Crippen LogP contribution in [0.2, 0.25) is 0 Å². The third-order valence-corrected chi connectivity index (χ3v) is 4.34. The lowest BCUT2D eigenvalue weighted by Gasteiger charge is -2.38. The van der Waals surface area contributed by atoms with E-state index in [4.69, 9.17) is 4.52 Å². The quantitative estimate of drug-likeness (QED) is 0.705. The first-order chi connectivity index (χ1) is 6.91. The predicted octanol–water partition coefficient (Wildman–Crippen LogP) is 1.54. The lowest BCUT2D eigenvalue weighted by Crippen LogP contribution is -2.44. The highest BCUT2D eigenvalue weighted by molar-refractivity contribution is 7.99. The maximum absolute atomic E-state index is 5.45. The third-order valence-electron chi connectivity index (χ3n) is 3.35. The van der Waals surface area contributed by atoms with E-state index in [0.717, 1.165) is 18.8 Å². The molecule has 4 heteroatoms. The van der Waals surface area contributed by atoms with Gasteiger partial charge >= 0.3 is 0 Å². The Labute approximate surface area is 87.6 Å². The van der Waals surface area contributed by atoms with Crippen LogP contribution in [0.5, 0.6) is 0 Å². The maximum Gasteiger partial charge on any atom is 0.148 e. The second kappa shape index (κ2) is 3.28. The summed E-state index contributed by atoms with van der Waals surface area (Å²) < 4.78 is 5.45. The number of hydrogen-bond acceptors (Lipinski definition) is 4. The first kappa shape index (κ1) is 8.80. The molecule has 0 amide bonds. The fourth-order valence-electron chi connectivity index (χ4n) is 2.51. The van der Waals surface area contributed by atoms with Gasteiger partial charge < -0.3 is 9.84 Å². The summed E-state index contributed by atoms with van der Waals surface area (Å²) in [6, 6.07) is 0. The molecule has 0 aromatic carbocycles. The molecule has 0 bridgehead atoms. The van der Waals surface area contributed by atoms with Gasteiger partial charge in [0.15, 0.2) is 0 Å². The van der Waals surface area contributed by atoms with E-state index < -0.39 is 0 Å². The molecule has 0 unspecified atom stereocenters. The Morgan fingerprint density at radius 2 is 2.29 bits per heavy atom. The molecule has 1 spiro atoms. The highest BCUT2D eigenvalue weighted by Gasteiger charge is 2.41. The Morgan fingerprint density at radius 1 is 1.43 bits per heavy atom. The Morgan fingerprint density at radius 3 is 3.14 bits per heavy atom. The van der Waals surface area contributed by atoms with E-state index in [9.17, 15) is 0 Å². The fourth-order valence-corrected chi connectivity index (χ4v) is 3.78. The van der Waals surface area contributed by atoms with E-state index in [1.807, 2.05) is 18.0 Å². The van der Waals surface area contributed by atoms with Gasteiger partial charge in [-0.25, -0.2) is 0 Å². The number of nitrogens with zero attached hydrogens (tertiary/aromatic N) is 1. The van der Waals surface area contributed by atoms with Gasteiger partial charge in [0, 0.05) is 24.1 Å². The molecule has 0 atom stereocenters. The number of thioether (sulfide) groups is 1. The largest absolute Gasteiger partial charge is 0.360 e. The molecule has 14 heavy (non-hydrogen) atoms. The minimum Gasteiger partial charge on any atom is -0.360 e. The second-order valence-corrected chi connectivity index (χ2v) is 5.40. The highest BCUT2D eigenvalue weighted by atomic mass is 32.2. The van der Waals surface area contributed by atoms with Crippen LogP contribution >= 0.6 is 11.8 Å². The molecule has 3 nitrogen and oxygen atoms in total. The molecule has 0 saturated carbocycles. The van der Waals surface area contributed by atoms with Gasteiger partial charge in [-0.1, -0.05) is 5.16 Å². The fraction of sp³-hybridized carbons (Fsp3) is 0.700. The lowest BCUT2D eigenvalue weighted by atomic mass is 9.76. The number of fused-ring (bicyclic) bond motifs is 2. The van der Waals surface area contributed by atoms with Gasteiger partial charge in [0.1, 0.15) is 5.76 Å². The Kier molecular flexibility index (Phi) is 2.06. The minimum atomic E-state index is 0.259. The van der Waals surface area contributed by atoms with E-state index in [1.54, 1.807) is 0 Å². The zero-order valence-corrected chi connectivity index (χ0v) is 8.90. The second-order valence-electron chi connectivity index (χ2n) is 4.18. The minimum absolute atomic E-state index is 0.259. The van der Waals surface area contributed by atoms with E-state index in [0.29, 0.717) is 0 Å². The summed E-state index contributed by atoms with van der Waals surface area (Å²) in [5, 5.41) is 7.41. The van der Waals surface area contributed by atoms with Crippen LogP contribution < -0.4 is 5.32 Å². The average Bonchev–Trinajstić information content (AvgIpc) is 2.69. The van der Waals surface area contributed by atoms with Crippen molar-refractivity contribution in [3.63, 3.8) is 0 Å². The molecule has 0 aliphatic carbocycles. The number of aromatic nitrogens is 1. The Bertz CT molecular complexity index is 331. The zero-order chi connectivity index (χ0) is 9.43. The molecule has 0 radical (unpaired) electrons. The third kappa shape index (κ3) is 1.21. The molecule has 1 saturated heterocycles. The van der Waals surface area contributed by atoms with Crippen molar-refractivity contribution in [1.29, 1.82) is 0 Å². The normalized spacial score (nSPS) is 24.9. The molecule has 2 aliphatic rings. The number of rotatable bonds is 0. The molecule has 3 heterocycles. The van der Waals surface area contributed by atoms with Gasteiger partial charge in [-0.3, -0.25) is 0 Å². The SMILES string of the molecule is c1noc2c1CNCC21CCSCC1. The smallest absolute Gasteiger partial charge is 0.148 e. The molecule has 1 fully saturated rings.